The lowest BCUT2D eigenvalue weighted by molar-refractivity contribution is 1.59. The van der Waals surface area contributed by atoms with Gasteiger partial charge in [-0.25, -0.2) is 0 Å². The number of isothiocyanates is 1. The van der Waals surface area contributed by atoms with E-state index in [9.17, 15) is 0 Å². The van der Waals surface area contributed by atoms with Crippen LogP contribution in [0.2, 0.25) is 35.2 Å². The average Bonchev–Trinajstić information content (AvgIpc) is 2.43. The molecule has 0 aromatic heterocycles. The van der Waals surface area contributed by atoms with E-state index >= 15 is 0 Å². The number of nitrogens with zero attached hydrogens (tertiary/aromatic N) is 1. The zero-order chi connectivity index (χ0) is 15.2. The quantitative estimate of drug-likeness (QED) is 0.194. The lowest BCUT2D eigenvalue weighted by Crippen LogP contribution is -1.87. The van der Waals surface area contributed by atoms with Crippen LogP contribution in [0.25, 0.3) is 10.8 Å². The summed E-state index contributed by atoms with van der Waals surface area (Å²) < 4.78 is 0. The van der Waals surface area contributed by atoms with Crippen LogP contribution in [0, 0.1) is 0 Å². The van der Waals surface area contributed by atoms with Crippen molar-refractivity contribution in [1.82, 2.24) is 0 Å². The molecular weight excluding hydrogens is 426 g/mol. The van der Waals surface area contributed by atoms with Crippen LogP contribution in [0.5, 0.6) is 0 Å². The molecule has 0 spiro atoms. The molecule has 0 saturated carbocycles. The van der Waals surface area contributed by atoms with Crippen LogP contribution in [-0.4, -0.2) is 5.16 Å². The minimum Gasteiger partial charge on any atom is -0.192 e. The van der Waals surface area contributed by atoms with Crippen LogP contribution in [0.4, 0.5) is 5.69 Å². The number of halogens is 7. The van der Waals surface area contributed by atoms with Crippen LogP contribution in [-0.2, 0) is 0 Å². The highest BCUT2D eigenvalue weighted by molar-refractivity contribution is 7.78. The van der Waals surface area contributed by atoms with Crippen molar-refractivity contribution in [3.63, 3.8) is 0 Å². The maximum Gasteiger partial charge on any atom is 0.104 e. The van der Waals surface area contributed by atoms with Crippen LogP contribution in [0.3, 0.4) is 0 Å². The van der Waals surface area contributed by atoms with Gasteiger partial charge in [-0.05, 0) is 12.2 Å². The van der Waals surface area contributed by atoms with Gasteiger partial charge in [0.25, 0.3) is 0 Å². The van der Waals surface area contributed by atoms with Gasteiger partial charge in [0.1, 0.15) is 5.69 Å². The van der Waals surface area contributed by atoms with Gasteiger partial charge in [0, 0.05) is 10.8 Å². The molecule has 0 N–H and O–H groups in total. The molecule has 2 aromatic rings. The Balaban J connectivity index is 3.26. The van der Waals surface area contributed by atoms with Gasteiger partial charge in [-0.2, -0.15) is 4.99 Å². The molecule has 2 aromatic carbocycles. The molecule has 0 aliphatic heterocycles. The van der Waals surface area contributed by atoms with Crippen molar-refractivity contribution in [2.75, 3.05) is 0 Å². The Bertz CT molecular complexity index is 788. The molecule has 0 radical (unpaired) electrons. The fourth-order valence-corrected chi connectivity index (χ4v) is 3.55. The normalized spacial score (nSPS) is 10.8. The minimum absolute atomic E-state index is 0.0566. The molecular formula is C11Cl7NS. The van der Waals surface area contributed by atoms with Crippen molar-refractivity contribution in [2.24, 2.45) is 4.99 Å². The zero-order valence-electron chi connectivity index (χ0n) is 9.00. The van der Waals surface area contributed by atoms with E-state index in [4.69, 9.17) is 81.2 Å². The largest absolute Gasteiger partial charge is 0.192 e. The van der Waals surface area contributed by atoms with Gasteiger partial charge in [0.15, 0.2) is 0 Å². The average molecular weight is 426 g/mol. The fraction of sp³-hybridized carbons (Fsp3) is 0. The Morgan fingerprint density at radius 1 is 0.600 bits per heavy atom. The highest BCUT2D eigenvalue weighted by Crippen LogP contribution is 2.53. The third-order valence-corrected chi connectivity index (χ3v) is 5.68. The molecule has 0 aliphatic rings. The summed E-state index contributed by atoms with van der Waals surface area (Å²) in [7, 11) is 0. The van der Waals surface area contributed by atoms with Gasteiger partial charge >= 0.3 is 0 Å². The Labute approximate surface area is 154 Å². The van der Waals surface area contributed by atoms with Gasteiger partial charge in [-0.3, -0.25) is 0 Å². The number of aliphatic imine (C=N–C) groups is 1. The first-order valence-electron chi connectivity index (χ1n) is 4.72. The zero-order valence-corrected chi connectivity index (χ0v) is 15.1. The van der Waals surface area contributed by atoms with E-state index in [0.717, 1.165) is 0 Å². The van der Waals surface area contributed by atoms with Crippen molar-refractivity contribution in [3.8, 4) is 0 Å². The Kier molecular flexibility index (Phi) is 5.35. The molecule has 1 nitrogen and oxygen atoms in total. The number of benzene rings is 2. The lowest BCUT2D eigenvalue weighted by Gasteiger charge is -2.14. The predicted octanol–water partition coefficient (Wildman–Crippen LogP) is 8.15. The molecule has 0 amide bonds. The third-order valence-electron chi connectivity index (χ3n) is 2.47. The Hall–Kier alpha value is 0.530. The van der Waals surface area contributed by atoms with Crippen molar-refractivity contribution < 1.29 is 0 Å². The van der Waals surface area contributed by atoms with Gasteiger partial charge in [0.2, 0.25) is 0 Å². The Morgan fingerprint density at radius 2 is 1.00 bits per heavy atom. The molecule has 20 heavy (non-hydrogen) atoms. The second kappa shape index (κ2) is 6.34. The summed E-state index contributed by atoms with van der Waals surface area (Å²) in [6.07, 6.45) is 0. The van der Waals surface area contributed by atoms with E-state index < -0.39 is 0 Å². The molecule has 2 rings (SSSR count). The molecule has 0 saturated heterocycles. The Morgan fingerprint density at radius 3 is 1.45 bits per heavy atom. The molecule has 104 valence electrons. The fourth-order valence-electron chi connectivity index (χ4n) is 1.63. The summed E-state index contributed by atoms with van der Waals surface area (Å²) in [6.45, 7) is 0. The summed E-state index contributed by atoms with van der Waals surface area (Å²) in [6, 6.07) is 0. The van der Waals surface area contributed by atoms with Crippen LogP contribution in [0.1, 0.15) is 0 Å². The van der Waals surface area contributed by atoms with E-state index in [2.05, 4.69) is 22.4 Å². The summed E-state index contributed by atoms with van der Waals surface area (Å²) >= 11 is 47.3. The summed E-state index contributed by atoms with van der Waals surface area (Å²) in [5.41, 5.74) is 0.177. The van der Waals surface area contributed by atoms with Crippen molar-refractivity contribution in [2.45, 2.75) is 0 Å². The number of hydrogen-bond donors (Lipinski definition) is 0. The van der Waals surface area contributed by atoms with E-state index in [1.807, 2.05) is 0 Å². The van der Waals surface area contributed by atoms with Crippen molar-refractivity contribution in [1.29, 1.82) is 0 Å². The van der Waals surface area contributed by atoms with Gasteiger partial charge in [0.05, 0.1) is 40.3 Å². The first kappa shape index (κ1) is 16.9. The summed E-state index contributed by atoms with van der Waals surface area (Å²) in [5.74, 6) is 0. The van der Waals surface area contributed by atoms with Gasteiger partial charge in [-0.1, -0.05) is 81.2 Å². The number of fused-ring (bicyclic) bond motifs is 1. The molecule has 0 heterocycles. The second-order valence-corrected chi connectivity index (χ2v) is 6.33. The highest BCUT2D eigenvalue weighted by atomic mass is 35.5. The van der Waals surface area contributed by atoms with Crippen LogP contribution >= 0.6 is 93.4 Å². The topological polar surface area (TPSA) is 12.4 Å². The summed E-state index contributed by atoms with van der Waals surface area (Å²) in [5, 5.41) is 3.33. The smallest absolute Gasteiger partial charge is 0.104 e. The van der Waals surface area contributed by atoms with Gasteiger partial charge < -0.3 is 0 Å². The highest BCUT2D eigenvalue weighted by Gasteiger charge is 2.24. The SMILES string of the molecule is S=C=Nc1c(Cl)c(Cl)c(Cl)c2c(Cl)c(Cl)c(Cl)c(Cl)c12. The lowest BCUT2D eigenvalue weighted by atomic mass is 10.1. The van der Waals surface area contributed by atoms with Crippen molar-refractivity contribution >= 4 is 115 Å². The van der Waals surface area contributed by atoms with E-state index in [0.29, 0.717) is 10.8 Å². The second-order valence-electron chi connectivity index (χ2n) is 3.50. The van der Waals surface area contributed by atoms with E-state index in [1.54, 1.807) is 0 Å². The molecule has 0 unspecified atom stereocenters. The number of thiocarbonyl (C=S) groups is 1. The molecule has 0 fully saturated rings. The minimum atomic E-state index is 0.0566. The monoisotopic (exact) mass is 423 g/mol. The number of hydrogen-bond acceptors (Lipinski definition) is 2. The molecule has 0 atom stereocenters. The van der Waals surface area contributed by atoms with Gasteiger partial charge in [-0.15, -0.1) is 0 Å². The molecule has 0 aliphatic carbocycles. The molecule has 9 heteroatoms. The summed E-state index contributed by atoms with van der Waals surface area (Å²) in [4.78, 5) is 3.85. The standard InChI is InChI=1S/C11Cl7NS/c12-4-2-3(6(14)8(16)7(4)15)11(19-1-20)10(18)9(17)5(2)13. The maximum absolute atomic E-state index is 6.18. The molecule has 0 bridgehead atoms. The first-order chi connectivity index (χ1) is 9.32. The third kappa shape index (κ3) is 2.52. The van der Waals surface area contributed by atoms with Crippen LogP contribution in [0.15, 0.2) is 4.99 Å². The number of rotatable bonds is 1. The van der Waals surface area contributed by atoms with Crippen LogP contribution < -0.4 is 0 Å². The first-order valence-corrected chi connectivity index (χ1v) is 7.78. The van der Waals surface area contributed by atoms with E-state index in [1.165, 1.54) is 0 Å². The predicted molar refractivity (Wildman–Crippen MR) is 93.7 cm³/mol. The van der Waals surface area contributed by atoms with E-state index in [-0.39, 0.29) is 40.8 Å². The van der Waals surface area contributed by atoms with Crippen molar-refractivity contribution in [3.05, 3.63) is 35.2 Å². The maximum atomic E-state index is 6.18.